The van der Waals surface area contributed by atoms with Gasteiger partial charge < -0.3 is 10.2 Å². The lowest BCUT2D eigenvalue weighted by Gasteiger charge is -2.33. The van der Waals surface area contributed by atoms with E-state index in [-0.39, 0.29) is 23.4 Å². The zero-order valence-electron chi connectivity index (χ0n) is 24.8. The Balaban J connectivity index is 1.69. The SMILES string of the molecule is Cc1ccc(S(=O)(=O)N(CC(=O)N(Cc2cccc(Br)c2)[C@@H](C)C(=O)NC2CCCCC2)c2ccc(C)c(C)c2)cc1. The first kappa shape index (κ1) is 31.8. The molecule has 3 aromatic rings. The Hall–Kier alpha value is -3.17. The first-order chi connectivity index (χ1) is 20.0. The summed E-state index contributed by atoms with van der Waals surface area (Å²) in [7, 11) is -4.10. The second-order valence-corrected chi connectivity index (χ2v) is 14.0. The van der Waals surface area contributed by atoms with E-state index >= 15 is 0 Å². The summed E-state index contributed by atoms with van der Waals surface area (Å²) in [4.78, 5) is 29.2. The lowest BCUT2D eigenvalue weighted by atomic mass is 9.95. The van der Waals surface area contributed by atoms with Crippen molar-refractivity contribution in [3.05, 3.63) is 93.5 Å². The van der Waals surface area contributed by atoms with Gasteiger partial charge in [-0.2, -0.15) is 0 Å². The molecule has 3 aromatic carbocycles. The number of nitrogens with one attached hydrogen (secondary N) is 1. The molecule has 1 N–H and O–H groups in total. The number of carbonyl (C=O) groups is 2. The highest BCUT2D eigenvalue weighted by Gasteiger charge is 2.33. The van der Waals surface area contributed by atoms with Gasteiger partial charge >= 0.3 is 0 Å². The molecule has 1 fully saturated rings. The maximum Gasteiger partial charge on any atom is 0.264 e. The zero-order chi connectivity index (χ0) is 30.4. The molecule has 0 heterocycles. The van der Waals surface area contributed by atoms with E-state index in [1.54, 1.807) is 43.3 Å². The Kier molecular flexibility index (Phi) is 10.5. The molecule has 0 aromatic heterocycles. The standard InChI is InChI=1S/C33H40BrN3O4S/c1-23-13-17-31(18-14-23)42(40,41)37(30-16-15-24(2)25(3)19-30)22-32(38)36(21-27-9-8-10-28(34)20-27)26(4)33(39)35-29-11-6-5-7-12-29/h8-10,13-20,26,29H,5-7,11-12,21-22H2,1-4H3,(H,35,39)/t26-/m0/s1. The van der Waals surface area contributed by atoms with Crippen molar-refractivity contribution in [3.63, 3.8) is 0 Å². The molecule has 0 radical (unpaired) electrons. The molecule has 224 valence electrons. The third-order valence-electron chi connectivity index (χ3n) is 8.03. The third-order valence-corrected chi connectivity index (χ3v) is 10.3. The highest BCUT2D eigenvalue weighted by molar-refractivity contribution is 9.10. The van der Waals surface area contributed by atoms with Crippen LogP contribution in [0.15, 0.2) is 76.1 Å². The summed E-state index contributed by atoms with van der Waals surface area (Å²) < 4.78 is 30.1. The first-order valence-corrected chi connectivity index (χ1v) is 16.7. The van der Waals surface area contributed by atoms with Crippen LogP contribution in [0.5, 0.6) is 0 Å². The average Bonchev–Trinajstić information content (AvgIpc) is 2.96. The van der Waals surface area contributed by atoms with E-state index in [1.807, 2.05) is 51.1 Å². The maximum atomic E-state index is 14.2. The summed E-state index contributed by atoms with van der Waals surface area (Å²) in [6.07, 6.45) is 5.16. The second-order valence-electron chi connectivity index (χ2n) is 11.3. The minimum atomic E-state index is -4.10. The van der Waals surface area contributed by atoms with Gasteiger partial charge in [-0.3, -0.25) is 13.9 Å². The highest BCUT2D eigenvalue weighted by Crippen LogP contribution is 2.27. The average molecular weight is 655 g/mol. The fourth-order valence-corrected chi connectivity index (χ4v) is 7.08. The Labute approximate surface area is 258 Å². The van der Waals surface area contributed by atoms with Gasteiger partial charge in [-0.05, 0) is 93.6 Å². The molecule has 7 nitrogen and oxygen atoms in total. The topological polar surface area (TPSA) is 86.8 Å². The summed E-state index contributed by atoms with van der Waals surface area (Å²) >= 11 is 3.49. The van der Waals surface area contributed by atoms with Crippen molar-refractivity contribution >= 4 is 43.5 Å². The van der Waals surface area contributed by atoms with E-state index in [2.05, 4.69) is 21.2 Å². The molecule has 9 heteroatoms. The van der Waals surface area contributed by atoms with Crippen molar-refractivity contribution < 1.29 is 18.0 Å². The number of halogens is 1. The summed E-state index contributed by atoms with van der Waals surface area (Å²) in [6, 6.07) is 18.8. The zero-order valence-corrected chi connectivity index (χ0v) is 27.2. The molecule has 0 saturated heterocycles. The number of amides is 2. The van der Waals surface area contributed by atoms with Gasteiger partial charge in [0.2, 0.25) is 11.8 Å². The number of hydrogen-bond acceptors (Lipinski definition) is 4. The molecule has 2 amide bonds. The lowest BCUT2D eigenvalue weighted by Crippen LogP contribution is -2.53. The molecule has 1 aliphatic rings. The van der Waals surface area contributed by atoms with Crippen LogP contribution in [-0.2, 0) is 26.2 Å². The molecule has 4 rings (SSSR count). The number of hydrogen-bond donors (Lipinski definition) is 1. The van der Waals surface area contributed by atoms with Crippen molar-refractivity contribution in [1.82, 2.24) is 10.2 Å². The van der Waals surface area contributed by atoms with E-state index in [0.29, 0.717) is 5.69 Å². The molecule has 42 heavy (non-hydrogen) atoms. The van der Waals surface area contributed by atoms with E-state index in [0.717, 1.165) is 56.7 Å². The van der Waals surface area contributed by atoms with Crippen LogP contribution in [0.4, 0.5) is 5.69 Å². The molecule has 0 bridgehead atoms. The Bertz CT molecular complexity index is 1520. The number of sulfonamides is 1. The summed E-state index contributed by atoms with van der Waals surface area (Å²) in [5.74, 6) is -0.695. The minimum absolute atomic E-state index is 0.0884. The Morgan fingerprint density at radius 1 is 0.929 bits per heavy atom. The van der Waals surface area contributed by atoms with Crippen LogP contribution >= 0.6 is 15.9 Å². The fraction of sp³-hybridized carbons (Fsp3) is 0.394. The lowest BCUT2D eigenvalue weighted by molar-refractivity contribution is -0.139. The normalized spacial score (nSPS) is 14.7. The largest absolute Gasteiger partial charge is 0.352 e. The first-order valence-electron chi connectivity index (χ1n) is 14.5. The molecule has 1 aliphatic carbocycles. The third kappa shape index (κ3) is 7.81. The fourth-order valence-electron chi connectivity index (χ4n) is 5.23. The number of rotatable bonds is 10. The van der Waals surface area contributed by atoms with Crippen LogP contribution in [-0.4, -0.2) is 43.8 Å². The highest BCUT2D eigenvalue weighted by atomic mass is 79.9. The van der Waals surface area contributed by atoms with Crippen molar-refractivity contribution in [2.45, 2.75) is 83.3 Å². The predicted molar refractivity (Wildman–Crippen MR) is 171 cm³/mol. The van der Waals surface area contributed by atoms with Crippen molar-refractivity contribution in [1.29, 1.82) is 0 Å². The number of carbonyl (C=O) groups excluding carboxylic acids is 2. The minimum Gasteiger partial charge on any atom is -0.352 e. The molecule has 1 saturated carbocycles. The maximum absolute atomic E-state index is 14.2. The molecule has 0 spiro atoms. The van der Waals surface area contributed by atoms with E-state index in [1.165, 1.54) is 11.3 Å². The monoisotopic (exact) mass is 653 g/mol. The van der Waals surface area contributed by atoms with E-state index < -0.39 is 28.5 Å². The molecule has 0 unspecified atom stereocenters. The molecular weight excluding hydrogens is 614 g/mol. The van der Waals surface area contributed by atoms with Crippen molar-refractivity contribution in [3.8, 4) is 0 Å². The number of benzene rings is 3. The van der Waals surface area contributed by atoms with Crippen LogP contribution in [0.2, 0.25) is 0 Å². The summed E-state index contributed by atoms with van der Waals surface area (Å²) in [6.45, 7) is 7.17. The van der Waals surface area contributed by atoms with Crippen molar-refractivity contribution in [2.75, 3.05) is 10.8 Å². The quantitative estimate of drug-likeness (QED) is 0.273. The molecular formula is C33H40BrN3O4S. The van der Waals surface area contributed by atoms with Crippen molar-refractivity contribution in [2.24, 2.45) is 0 Å². The van der Waals surface area contributed by atoms with Crippen LogP contribution in [0.3, 0.4) is 0 Å². The Morgan fingerprint density at radius 3 is 2.26 bits per heavy atom. The van der Waals surface area contributed by atoms with Gasteiger partial charge in [0.1, 0.15) is 12.6 Å². The van der Waals surface area contributed by atoms with Gasteiger partial charge in [0.05, 0.1) is 10.6 Å². The van der Waals surface area contributed by atoms with Gasteiger partial charge in [0.25, 0.3) is 10.0 Å². The van der Waals surface area contributed by atoms with Gasteiger partial charge in [-0.25, -0.2) is 8.42 Å². The van der Waals surface area contributed by atoms with Gasteiger partial charge in [-0.1, -0.05) is 71.1 Å². The predicted octanol–water partition coefficient (Wildman–Crippen LogP) is 6.44. The molecule has 0 aliphatic heterocycles. The number of anilines is 1. The van der Waals surface area contributed by atoms with Crippen LogP contribution in [0.1, 0.15) is 61.3 Å². The van der Waals surface area contributed by atoms with E-state index in [9.17, 15) is 18.0 Å². The number of aryl methyl sites for hydroxylation is 3. The van der Waals surface area contributed by atoms with Gasteiger partial charge in [0.15, 0.2) is 0 Å². The van der Waals surface area contributed by atoms with Crippen LogP contribution in [0.25, 0.3) is 0 Å². The van der Waals surface area contributed by atoms with E-state index in [4.69, 9.17) is 0 Å². The van der Waals surface area contributed by atoms with Gasteiger partial charge in [0, 0.05) is 17.1 Å². The number of nitrogens with zero attached hydrogens (tertiary/aromatic N) is 2. The van der Waals surface area contributed by atoms with Gasteiger partial charge in [-0.15, -0.1) is 0 Å². The van der Waals surface area contributed by atoms with Crippen LogP contribution < -0.4 is 9.62 Å². The Morgan fingerprint density at radius 2 is 1.62 bits per heavy atom. The second kappa shape index (κ2) is 13.9. The van der Waals surface area contributed by atoms with Crippen LogP contribution in [0, 0.1) is 20.8 Å². The summed E-state index contributed by atoms with van der Waals surface area (Å²) in [5.41, 5.74) is 4.08. The summed E-state index contributed by atoms with van der Waals surface area (Å²) in [5, 5.41) is 3.14. The molecule has 1 atom stereocenters. The smallest absolute Gasteiger partial charge is 0.264 e.